The van der Waals surface area contributed by atoms with E-state index in [4.69, 9.17) is 0 Å². The number of carbonyl (C=O) groups is 4. The van der Waals surface area contributed by atoms with E-state index in [1.165, 1.54) is 27.7 Å². The Hall–Kier alpha value is -1.36. The fourth-order valence-corrected chi connectivity index (χ4v) is 6.45. The Morgan fingerprint density at radius 2 is 0.806 bits per heavy atom. The van der Waals surface area contributed by atoms with Crippen LogP contribution < -0.4 is 9.80 Å². The van der Waals surface area contributed by atoms with Gasteiger partial charge < -0.3 is 0 Å². The molecule has 2 aromatic rings. The Balaban J connectivity index is 2.46. The molecule has 4 amide bonds. The van der Waals surface area contributed by atoms with Crippen LogP contribution in [-0.4, -0.2) is 23.6 Å². The topological polar surface area (TPSA) is 74.8 Å². The Kier molecular flexibility index (Phi) is 8.77. The lowest BCUT2D eigenvalue weighted by molar-refractivity contribution is -0.125. The third kappa shape index (κ3) is 5.91. The highest BCUT2D eigenvalue weighted by Gasteiger charge is 2.24. The highest BCUT2D eigenvalue weighted by Crippen LogP contribution is 2.39. The zero-order chi connectivity index (χ0) is 23.6. The number of amides is 4. The number of hydrogen-bond donors (Lipinski definition) is 0. The molecule has 0 spiro atoms. The largest absolute Gasteiger partial charge is 0.274 e. The van der Waals surface area contributed by atoms with Gasteiger partial charge in [0.1, 0.15) is 0 Å². The number of benzene rings is 2. The number of anilines is 2. The smallest absolute Gasteiger partial charge is 0.230 e. The molecule has 2 rings (SSSR count). The van der Waals surface area contributed by atoms with Crippen molar-refractivity contribution in [2.45, 2.75) is 34.1 Å². The molecular weight excluding hydrogens is 664 g/mol. The molecule has 0 aliphatic rings. The second-order valence-corrected chi connectivity index (χ2v) is 10.2. The Morgan fingerprint density at radius 3 is 1.00 bits per heavy atom. The van der Waals surface area contributed by atoms with Crippen LogP contribution >= 0.6 is 63.7 Å². The third-order valence-electron chi connectivity index (χ3n) is 4.27. The van der Waals surface area contributed by atoms with E-state index in [-0.39, 0.29) is 23.6 Å². The van der Waals surface area contributed by atoms with Gasteiger partial charge >= 0.3 is 0 Å². The minimum atomic E-state index is -0.384. The number of hydrogen-bond acceptors (Lipinski definition) is 4. The van der Waals surface area contributed by atoms with Crippen molar-refractivity contribution >= 4 is 98.7 Å². The lowest BCUT2D eigenvalue weighted by Crippen LogP contribution is -2.33. The fraction of sp³-hybridized carbons (Fsp3) is 0.238. The second kappa shape index (κ2) is 10.5. The number of imide groups is 2. The number of halogens is 4. The summed E-state index contributed by atoms with van der Waals surface area (Å²) in [6, 6.07) is 7.36. The zero-order valence-corrected chi connectivity index (χ0v) is 23.4. The number of nitrogens with zero attached hydrogens (tertiary/aromatic N) is 2. The summed E-state index contributed by atoms with van der Waals surface area (Å²) in [5.41, 5.74) is 2.72. The van der Waals surface area contributed by atoms with Crippen molar-refractivity contribution in [3.63, 3.8) is 0 Å². The quantitative estimate of drug-likeness (QED) is 0.390. The summed E-state index contributed by atoms with van der Waals surface area (Å²) in [6.07, 6.45) is 0.523. The van der Waals surface area contributed by atoms with Gasteiger partial charge in [-0.3, -0.25) is 19.2 Å². The summed E-state index contributed by atoms with van der Waals surface area (Å²) in [5.74, 6) is -1.53. The third-order valence-corrected chi connectivity index (χ3v) is 6.69. The molecule has 6 nitrogen and oxygen atoms in total. The van der Waals surface area contributed by atoms with Crippen LogP contribution in [0.5, 0.6) is 0 Å². The maximum atomic E-state index is 11.9. The lowest BCUT2D eigenvalue weighted by atomic mass is 10.0. The first kappa shape index (κ1) is 25.9. The van der Waals surface area contributed by atoms with Gasteiger partial charge in [-0.2, -0.15) is 0 Å². The fourth-order valence-electron chi connectivity index (χ4n) is 3.18. The molecule has 164 valence electrons. The minimum Gasteiger partial charge on any atom is -0.274 e. The van der Waals surface area contributed by atoms with E-state index >= 15 is 0 Å². The van der Waals surface area contributed by atoms with Crippen molar-refractivity contribution < 1.29 is 19.2 Å². The molecule has 0 atom stereocenters. The van der Waals surface area contributed by atoms with Gasteiger partial charge in [0.2, 0.25) is 23.6 Å². The molecule has 0 radical (unpaired) electrons. The molecule has 0 saturated heterocycles. The van der Waals surface area contributed by atoms with Crippen LogP contribution in [0.15, 0.2) is 42.2 Å². The van der Waals surface area contributed by atoms with Gasteiger partial charge in [0.05, 0.1) is 11.4 Å². The van der Waals surface area contributed by atoms with Crippen LogP contribution in [0.25, 0.3) is 0 Å². The first-order valence-corrected chi connectivity index (χ1v) is 12.1. The predicted molar refractivity (Wildman–Crippen MR) is 134 cm³/mol. The van der Waals surface area contributed by atoms with Crippen molar-refractivity contribution in [3.8, 4) is 0 Å². The lowest BCUT2D eigenvalue weighted by Gasteiger charge is -2.22. The van der Waals surface area contributed by atoms with Crippen molar-refractivity contribution in [1.82, 2.24) is 0 Å². The normalized spacial score (nSPS) is 10.6. The van der Waals surface area contributed by atoms with Gasteiger partial charge in [-0.1, -0.05) is 0 Å². The van der Waals surface area contributed by atoms with Gasteiger partial charge in [-0.15, -0.1) is 0 Å². The van der Waals surface area contributed by atoms with E-state index in [0.717, 1.165) is 20.9 Å². The van der Waals surface area contributed by atoms with Crippen LogP contribution in [0.3, 0.4) is 0 Å². The van der Waals surface area contributed by atoms with E-state index in [9.17, 15) is 19.2 Å². The number of carbonyl (C=O) groups excluding carboxylic acids is 4. The highest BCUT2D eigenvalue weighted by atomic mass is 79.9. The Morgan fingerprint density at radius 1 is 0.581 bits per heavy atom. The minimum absolute atomic E-state index is 0.384. The highest BCUT2D eigenvalue weighted by molar-refractivity contribution is 9.11. The van der Waals surface area contributed by atoms with Crippen molar-refractivity contribution in [1.29, 1.82) is 0 Å². The summed E-state index contributed by atoms with van der Waals surface area (Å²) < 4.78 is 2.38. The van der Waals surface area contributed by atoms with Crippen LogP contribution in [0.4, 0.5) is 11.4 Å². The average Bonchev–Trinajstić information content (AvgIpc) is 2.59. The van der Waals surface area contributed by atoms with Crippen molar-refractivity contribution in [2.24, 2.45) is 0 Å². The molecule has 10 heteroatoms. The molecular formula is C21H18Br4N2O4. The van der Waals surface area contributed by atoms with Gasteiger partial charge in [0, 0.05) is 45.6 Å². The monoisotopic (exact) mass is 678 g/mol. The number of rotatable bonds is 4. The molecule has 0 saturated carbocycles. The molecule has 0 heterocycles. The van der Waals surface area contributed by atoms with Crippen LogP contribution in [0.2, 0.25) is 0 Å². The van der Waals surface area contributed by atoms with Gasteiger partial charge in [-0.05, 0) is 106 Å². The van der Waals surface area contributed by atoms with Gasteiger partial charge in [0.15, 0.2) is 0 Å². The summed E-state index contributed by atoms with van der Waals surface area (Å²) in [4.78, 5) is 49.9. The molecule has 0 bridgehead atoms. The first-order valence-electron chi connectivity index (χ1n) is 8.93. The van der Waals surface area contributed by atoms with E-state index in [2.05, 4.69) is 63.7 Å². The predicted octanol–water partition coefficient (Wildman–Crippen LogP) is 6.13. The molecule has 0 fully saturated rings. The van der Waals surface area contributed by atoms with E-state index in [1.807, 2.05) is 24.3 Å². The zero-order valence-electron chi connectivity index (χ0n) is 17.1. The van der Waals surface area contributed by atoms with Crippen LogP contribution in [-0.2, 0) is 25.6 Å². The second-order valence-electron chi connectivity index (χ2n) is 6.74. The van der Waals surface area contributed by atoms with Crippen molar-refractivity contribution in [3.05, 3.63) is 53.3 Å². The van der Waals surface area contributed by atoms with Crippen LogP contribution in [0, 0.1) is 0 Å². The summed E-state index contributed by atoms with van der Waals surface area (Å²) in [6.45, 7) is 5.32. The SMILES string of the molecule is CC(=O)N(C(C)=O)c1c(Br)cc(Cc2cc(Br)c(N(C(C)=O)C(C)=O)c(Br)c2)cc1Br. The van der Waals surface area contributed by atoms with Gasteiger partial charge in [0.25, 0.3) is 0 Å². The van der Waals surface area contributed by atoms with E-state index < -0.39 is 0 Å². The molecule has 0 aromatic heterocycles. The molecule has 31 heavy (non-hydrogen) atoms. The summed E-state index contributed by atoms with van der Waals surface area (Å²) in [5, 5.41) is 0. The molecule has 0 aliphatic heterocycles. The summed E-state index contributed by atoms with van der Waals surface area (Å²) >= 11 is 13.9. The summed E-state index contributed by atoms with van der Waals surface area (Å²) in [7, 11) is 0. The van der Waals surface area contributed by atoms with E-state index in [0.29, 0.717) is 35.7 Å². The molecule has 0 aliphatic carbocycles. The van der Waals surface area contributed by atoms with Gasteiger partial charge in [-0.25, -0.2) is 9.80 Å². The average molecular weight is 682 g/mol. The molecule has 0 N–H and O–H groups in total. The van der Waals surface area contributed by atoms with Crippen LogP contribution in [0.1, 0.15) is 38.8 Å². The standard InChI is InChI=1S/C21H18Br4N2O4/c1-10(28)26(11(2)29)20-16(22)6-14(7-17(20)23)5-15-8-18(24)21(19(25)9-15)27(12(3)30)13(4)31/h6-9H,5H2,1-4H3. The molecule has 0 unspecified atom stereocenters. The Labute approximate surface area is 213 Å². The van der Waals surface area contributed by atoms with E-state index in [1.54, 1.807) is 0 Å². The Bertz CT molecular complexity index is 941. The first-order chi connectivity index (χ1) is 14.3. The maximum absolute atomic E-state index is 11.9. The van der Waals surface area contributed by atoms with Crippen molar-refractivity contribution in [2.75, 3.05) is 9.80 Å². The maximum Gasteiger partial charge on any atom is 0.230 e. The molecule has 2 aromatic carbocycles.